The third kappa shape index (κ3) is 2.91. The van der Waals surface area contributed by atoms with Crippen LogP contribution in [0.4, 0.5) is 19.0 Å². The topological polar surface area (TPSA) is 84.1 Å². The van der Waals surface area contributed by atoms with E-state index in [4.69, 9.17) is 5.11 Å². The fraction of sp³-hybridized carbons (Fsp3) is 0.429. The molecule has 1 fully saturated rings. The molecule has 2 aromatic heterocycles. The molecule has 3 rings (SSSR count). The Morgan fingerprint density at radius 2 is 2.00 bits per heavy atom. The van der Waals surface area contributed by atoms with Crippen LogP contribution in [0.2, 0.25) is 0 Å². The van der Waals surface area contributed by atoms with Gasteiger partial charge in [0.1, 0.15) is 0 Å². The van der Waals surface area contributed by atoms with E-state index in [1.165, 1.54) is 18.0 Å². The van der Waals surface area contributed by atoms with Gasteiger partial charge in [-0.1, -0.05) is 5.21 Å². The van der Waals surface area contributed by atoms with Gasteiger partial charge in [0.05, 0.1) is 17.6 Å². The fourth-order valence-corrected chi connectivity index (χ4v) is 2.59. The minimum absolute atomic E-state index is 0.00882. The average Bonchev–Trinajstić information content (AvgIpc) is 2.89. The van der Waals surface area contributed by atoms with Crippen molar-refractivity contribution < 1.29 is 23.1 Å². The number of hydrogen-bond acceptors (Lipinski definition) is 5. The van der Waals surface area contributed by atoms with Crippen LogP contribution in [0.1, 0.15) is 29.0 Å². The van der Waals surface area contributed by atoms with Crippen LogP contribution < -0.4 is 4.90 Å². The maximum atomic E-state index is 14.3. The highest BCUT2D eigenvalue weighted by Crippen LogP contribution is 2.31. The van der Waals surface area contributed by atoms with Crippen LogP contribution in [0.5, 0.6) is 0 Å². The molecule has 0 saturated carbocycles. The number of alkyl halides is 2. The van der Waals surface area contributed by atoms with Crippen molar-refractivity contribution in [1.29, 1.82) is 0 Å². The van der Waals surface area contributed by atoms with Gasteiger partial charge in [0.25, 0.3) is 5.92 Å². The number of anilines is 1. The lowest BCUT2D eigenvalue weighted by molar-refractivity contribution is -0.0222. The van der Waals surface area contributed by atoms with Crippen molar-refractivity contribution in [1.82, 2.24) is 20.0 Å². The molecule has 0 atom stereocenters. The third-order valence-corrected chi connectivity index (χ3v) is 3.94. The van der Waals surface area contributed by atoms with E-state index in [2.05, 4.69) is 15.3 Å². The number of aromatic carboxylic acids is 1. The van der Waals surface area contributed by atoms with Crippen molar-refractivity contribution in [2.75, 3.05) is 18.0 Å². The quantitative estimate of drug-likeness (QED) is 0.920. The van der Waals surface area contributed by atoms with Gasteiger partial charge in [0, 0.05) is 32.0 Å². The van der Waals surface area contributed by atoms with Crippen LogP contribution in [0.15, 0.2) is 12.3 Å². The molecule has 0 amide bonds. The number of aromatic nitrogens is 4. The summed E-state index contributed by atoms with van der Waals surface area (Å²) >= 11 is 0. The normalized spacial score (nSPS) is 17.1. The first-order valence-electron chi connectivity index (χ1n) is 7.23. The lowest BCUT2D eigenvalue weighted by Gasteiger charge is -2.32. The summed E-state index contributed by atoms with van der Waals surface area (Å²) in [7, 11) is 0. The fourth-order valence-electron chi connectivity index (χ4n) is 2.59. The van der Waals surface area contributed by atoms with Gasteiger partial charge in [-0.15, -0.1) is 5.10 Å². The van der Waals surface area contributed by atoms with Crippen LogP contribution in [-0.4, -0.2) is 50.1 Å². The molecule has 7 nitrogen and oxygen atoms in total. The molecule has 0 aromatic carbocycles. The number of nitrogens with zero attached hydrogens (tertiary/aromatic N) is 5. The monoisotopic (exact) mass is 341 g/mol. The molecule has 24 heavy (non-hydrogen) atoms. The summed E-state index contributed by atoms with van der Waals surface area (Å²) < 4.78 is 41.9. The van der Waals surface area contributed by atoms with E-state index in [1.54, 1.807) is 0 Å². The Morgan fingerprint density at radius 3 is 2.54 bits per heavy atom. The van der Waals surface area contributed by atoms with Crippen LogP contribution >= 0.6 is 0 Å². The van der Waals surface area contributed by atoms with E-state index < -0.39 is 17.7 Å². The Balaban J connectivity index is 1.87. The van der Waals surface area contributed by atoms with Crippen LogP contribution in [0, 0.1) is 12.7 Å². The van der Waals surface area contributed by atoms with Gasteiger partial charge in [0.2, 0.25) is 0 Å². The van der Waals surface area contributed by atoms with Crippen molar-refractivity contribution in [3.63, 3.8) is 0 Å². The lowest BCUT2D eigenvalue weighted by Crippen LogP contribution is -2.40. The molecule has 2 aromatic rings. The smallest absolute Gasteiger partial charge is 0.358 e. The number of carboxylic acids is 1. The minimum atomic E-state index is -2.72. The number of piperidine rings is 1. The van der Waals surface area contributed by atoms with Gasteiger partial charge in [-0.3, -0.25) is 0 Å². The molecule has 10 heteroatoms. The second-order valence-corrected chi connectivity index (χ2v) is 5.58. The average molecular weight is 341 g/mol. The number of rotatable bonds is 3. The first-order chi connectivity index (χ1) is 11.3. The molecular formula is C14H14F3N5O2. The lowest BCUT2D eigenvalue weighted by atomic mass is 10.1. The van der Waals surface area contributed by atoms with Gasteiger partial charge < -0.3 is 10.0 Å². The Bertz CT molecular complexity index is 783. The molecule has 0 unspecified atom stereocenters. The Kier molecular flexibility index (Phi) is 3.90. The largest absolute Gasteiger partial charge is 0.476 e. The minimum Gasteiger partial charge on any atom is -0.476 e. The summed E-state index contributed by atoms with van der Waals surface area (Å²) in [4.78, 5) is 16.4. The van der Waals surface area contributed by atoms with Crippen LogP contribution in [-0.2, 0) is 0 Å². The zero-order chi connectivity index (χ0) is 17.5. The second kappa shape index (κ2) is 5.77. The standard InChI is InChI=1S/C14H14F3N5O2/c1-8-11(13(23)24)19-20-22(8)9-6-10(15)12(18-7-9)21-4-2-14(16,17)3-5-21/h6-7H,2-5H2,1H3,(H,23,24). The van der Waals surface area contributed by atoms with Crippen molar-refractivity contribution in [2.45, 2.75) is 25.7 Å². The number of carboxylic acid groups (broad SMARTS) is 1. The highest BCUT2D eigenvalue weighted by molar-refractivity contribution is 5.86. The Labute approximate surface area is 134 Å². The molecule has 1 aliphatic rings. The Morgan fingerprint density at radius 1 is 1.33 bits per heavy atom. The summed E-state index contributed by atoms with van der Waals surface area (Å²) in [5, 5.41) is 16.2. The van der Waals surface area contributed by atoms with E-state index in [1.807, 2.05) is 0 Å². The molecule has 0 spiro atoms. The molecule has 1 aliphatic heterocycles. The molecule has 3 heterocycles. The van der Waals surface area contributed by atoms with E-state index >= 15 is 0 Å². The molecule has 0 radical (unpaired) electrons. The van der Waals surface area contributed by atoms with Gasteiger partial charge in [-0.2, -0.15) is 0 Å². The highest BCUT2D eigenvalue weighted by atomic mass is 19.3. The first kappa shape index (κ1) is 16.2. The summed E-state index contributed by atoms with van der Waals surface area (Å²) in [5.41, 5.74) is 0.197. The molecular weight excluding hydrogens is 327 g/mol. The van der Waals surface area contributed by atoms with Crippen LogP contribution in [0.3, 0.4) is 0 Å². The molecule has 0 bridgehead atoms. The first-order valence-corrected chi connectivity index (χ1v) is 7.23. The van der Waals surface area contributed by atoms with E-state index in [9.17, 15) is 18.0 Å². The predicted octanol–water partition coefficient (Wildman–Crippen LogP) is 2.04. The number of carbonyl (C=O) groups is 1. The number of hydrogen-bond donors (Lipinski definition) is 1. The zero-order valence-electron chi connectivity index (χ0n) is 12.7. The number of halogens is 3. The van der Waals surface area contributed by atoms with Crippen molar-refractivity contribution in [3.05, 3.63) is 29.5 Å². The zero-order valence-corrected chi connectivity index (χ0v) is 12.7. The summed E-state index contributed by atoms with van der Waals surface area (Å²) in [6.07, 6.45) is 0.610. The molecule has 128 valence electrons. The van der Waals surface area contributed by atoms with Gasteiger partial charge in [0.15, 0.2) is 17.3 Å². The van der Waals surface area contributed by atoms with E-state index in [0.717, 1.165) is 10.7 Å². The summed E-state index contributed by atoms with van der Waals surface area (Å²) in [6, 6.07) is 1.13. The van der Waals surface area contributed by atoms with E-state index in [-0.39, 0.29) is 48.8 Å². The maximum absolute atomic E-state index is 14.3. The summed E-state index contributed by atoms with van der Waals surface area (Å²) in [6.45, 7) is 1.52. The van der Waals surface area contributed by atoms with Gasteiger partial charge in [-0.25, -0.2) is 27.6 Å². The maximum Gasteiger partial charge on any atom is 0.358 e. The molecule has 1 N–H and O–H groups in total. The predicted molar refractivity (Wildman–Crippen MR) is 77.2 cm³/mol. The molecule has 1 saturated heterocycles. The Hall–Kier alpha value is -2.65. The third-order valence-electron chi connectivity index (χ3n) is 3.94. The van der Waals surface area contributed by atoms with Crippen molar-refractivity contribution in [2.24, 2.45) is 0 Å². The van der Waals surface area contributed by atoms with E-state index in [0.29, 0.717) is 0 Å². The second-order valence-electron chi connectivity index (χ2n) is 5.58. The number of pyridine rings is 1. The van der Waals surface area contributed by atoms with Crippen LogP contribution in [0.25, 0.3) is 5.69 Å². The van der Waals surface area contributed by atoms with Gasteiger partial charge in [-0.05, 0) is 6.92 Å². The van der Waals surface area contributed by atoms with Crippen molar-refractivity contribution >= 4 is 11.8 Å². The van der Waals surface area contributed by atoms with Crippen molar-refractivity contribution in [3.8, 4) is 5.69 Å². The molecule has 0 aliphatic carbocycles. The highest BCUT2D eigenvalue weighted by Gasteiger charge is 2.35. The van der Waals surface area contributed by atoms with Gasteiger partial charge >= 0.3 is 5.97 Å². The summed E-state index contributed by atoms with van der Waals surface area (Å²) in [5.74, 6) is -4.66. The SMILES string of the molecule is Cc1c(C(=O)O)nnn1-c1cnc(N2CCC(F)(F)CC2)c(F)c1.